The van der Waals surface area contributed by atoms with E-state index in [0.29, 0.717) is 17.7 Å². The van der Waals surface area contributed by atoms with Crippen LogP contribution in [0.15, 0.2) is 30.6 Å². The van der Waals surface area contributed by atoms with Gasteiger partial charge in [0.2, 0.25) is 5.88 Å². The van der Waals surface area contributed by atoms with E-state index in [1.165, 1.54) is 18.5 Å². The molecule has 0 saturated heterocycles. The van der Waals surface area contributed by atoms with E-state index >= 15 is 0 Å². The van der Waals surface area contributed by atoms with E-state index in [1.54, 1.807) is 6.07 Å². The first-order valence-electron chi connectivity index (χ1n) is 5.38. The van der Waals surface area contributed by atoms with E-state index in [2.05, 4.69) is 14.8 Å². The first-order chi connectivity index (χ1) is 9.33. The smallest absolute Gasteiger partial charge is 0.388 e. The molecule has 0 spiro atoms. The Balaban J connectivity index is 2.04. The minimum absolute atomic E-state index is 0.305. The normalized spacial score (nSPS) is 11.3. The molecule has 9 heteroatoms. The Morgan fingerprint density at radius 1 is 1.35 bits per heavy atom. The van der Waals surface area contributed by atoms with Crippen LogP contribution < -0.4 is 10.5 Å². The Bertz CT molecular complexity index is 607. The van der Waals surface area contributed by atoms with Crippen molar-refractivity contribution in [3.63, 3.8) is 0 Å². The molecule has 2 heterocycles. The third-order valence-electron chi connectivity index (χ3n) is 2.27. The first-order valence-corrected chi connectivity index (χ1v) is 5.38. The lowest BCUT2D eigenvalue weighted by atomic mass is 10.2. The molecule has 0 aliphatic carbocycles. The SMILES string of the molecule is NC(=O)n1ccc(Cc2ccc(OC(F)(F)F)nc2)n1. The molecule has 6 nitrogen and oxygen atoms in total. The third kappa shape index (κ3) is 3.70. The van der Waals surface area contributed by atoms with Gasteiger partial charge in [-0.3, -0.25) is 0 Å². The Hall–Kier alpha value is -2.58. The summed E-state index contributed by atoms with van der Waals surface area (Å²) in [4.78, 5) is 14.4. The number of hydrogen-bond acceptors (Lipinski definition) is 4. The largest absolute Gasteiger partial charge is 0.574 e. The van der Waals surface area contributed by atoms with Gasteiger partial charge >= 0.3 is 12.4 Å². The number of nitrogens with two attached hydrogens (primary N) is 1. The highest BCUT2D eigenvalue weighted by Crippen LogP contribution is 2.20. The number of amides is 1. The van der Waals surface area contributed by atoms with Gasteiger partial charge in [-0.05, 0) is 11.6 Å². The zero-order chi connectivity index (χ0) is 14.8. The summed E-state index contributed by atoms with van der Waals surface area (Å²) in [6.07, 6.45) is -1.83. The lowest BCUT2D eigenvalue weighted by Crippen LogP contribution is -2.20. The van der Waals surface area contributed by atoms with E-state index < -0.39 is 18.3 Å². The molecule has 1 amide bonds. The van der Waals surface area contributed by atoms with Gasteiger partial charge in [-0.2, -0.15) is 9.78 Å². The molecule has 0 unspecified atom stereocenters. The predicted molar refractivity (Wildman–Crippen MR) is 60.9 cm³/mol. The number of nitrogens with zero attached hydrogens (tertiary/aromatic N) is 3. The highest BCUT2D eigenvalue weighted by Gasteiger charge is 2.31. The van der Waals surface area contributed by atoms with Crippen LogP contribution in [-0.2, 0) is 6.42 Å². The highest BCUT2D eigenvalue weighted by molar-refractivity contribution is 5.73. The van der Waals surface area contributed by atoms with Gasteiger partial charge in [0.15, 0.2) is 0 Å². The number of carbonyl (C=O) groups excluding carboxylic acids is 1. The molecule has 0 aliphatic heterocycles. The molecule has 0 radical (unpaired) electrons. The second-order valence-corrected chi connectivity index (χ2v) is 3.82. The molecule has 106 valence electrons. The molecule has 0 aliphatic rings. The van der Waals surface area contributed by atoms with Crippen LogP contribution in [0.5, 0.6) is 5.88 Å². The van der Waals surface area contributed by atoms with Gasteiger partial charge in [0, 0.05) is 24.9 Å². The Morgan fingerprint density at radius 2 is 2.10 bits per heavy atom. The lowest BCUT2D eigenvalue weighted by Gasteiger charge is -2.07. The van der Waals surface area contributed by atoms with Crippen LogP contribution >= 0.6 is 0 Å². The summed E-state index contributed by atoms with van der Waals surface area (Å²) in [5.74, 6) is -0.538. The average Bonchev–Trinajstić information content (AvgIpc) is 2.78. The fraction of sp³-hybridized carbons (Fsp3) is 0.182. The second kappa shape index (κ2) is 5.19. The third-order valence-corrected chi connectivity index (χ3v) is 2.27. The number of carbonyl (C=O) groups is 1. The van der Waals surface area contributed by atoms with Crippen LogP contribution in [0.1, 0.15) is 11.3 Å². The number of alkyl halides is 3. The van der Waals surface area contributed by atoms with Crippen LogP contribution in [0, 0.1) is 0 Å². The minimum Gasteiger partial charge on any atom is -0.388 e. The molecular formula is C11H9F3N4O2. The van der Waals surface area contributed by atoms with E-state index in [9.17, 15) is 18.0 Å². The number of pyridine rings is 1. The fourth-order valence-corrected chi connectivity index (χ4v) is 1.48. The van der Waals surface area contributed by atoms with Crippen LogP contribution in [0.2, 0.25) is 0 Å². The molecular weight excluding hydrogens is 277 g/mol. The summed E-state index contributed by atoms with van der Waals surface area (Å²) in [7, 11) is 0. The van der Waals surface area contributed by atoms with Crippen molar-refractivity contribution in [3.05, 3.63) is 41.9 Å². The van der Waals surface area contributed by atoms with Crippen LogP contribution in [0.3, 0.4) is 0 Å². The van der Waals surface area contributed by atoms with E-state index in [0.717, 1.165) is 10.7 Å². The Labute approximate surface area is 111 Å². The summed E-state index contributed by atoms with van der Waals surface area (Å²) in [5, 5.41) is 3.89. The van der Waals surface area contributed by atoms with Crippen LogP contribution in [0.25, 0.3) is 0 Å². The molecule has 0 aromatic carbocycles. The maximum Gasteiger partial charge on any atom is 0.574 e. The number of aromatic nitrogens is 3. The van der Waals surface area contributed by atoms with E-state index in [-0.39, 0.29) is 0 Å². The maximum absolute atomic E-state index is 11.9. The zero-order valence-electron chi connectivity index (χ0n) is 9.96. The first kappa shape index (κ1) is 13.8. The van der Waals surface area contributed by atoms with Crippen molar-refractivity contribution in [1.29, 1.82) is 0 Å². The monoisotopic (exact) mass is 286 g/mol. The molecule has 20 heavy (non-hydrogen) atoms. The molecule has 0 saturated carbocycles. The number of rotatable bonds is 3. The highest BCUT2D eigenvalue weighted by atomic mass is 19.4. The van der Waals surface area contributed by atoms with Gasteiger partial charge in [-0.1, -0.05) is 6.07 Å². The van der Waals surface area contributed by atoms with Gasteiger partial charge in [0.05, 0.1) is 5.69 Å². The number of hydrogen-bond donors (Lipinski definition) is 1. The van der Waals surface area contributed by atoms with Crippen molar-refractivity contribution in [2.45, 2.75) is 12.8 Å². The van der Waals surface area contributed by atoms with Gasteiger partial charge in [0.25, 0.3) is 0 Å². The van der Waals surface area contributed by atoms with Gasteiger partial charge < -0.3 is 10.5 Å². The molecule has 2 rings (SSSR count). The molecule has 0 bridgehead atoms. The van der Waals surface area contributed by atoms with Crippen LogP contribution in [-0.4, -0.2) is 27.2 Å². The number of halogens is 3. The Morgan fingerprint density at radius 3 is 2.60 bits per heavy atom. The molecule has 0 fully saturated rings. The topological polar surface area (TPSA) is 83.0 Å². The fourth-order valence-electron chi connectivity index (χ4n) is 1.48. The van der Waals surface area contributed by atoms with Crippen molar-refractivity contribution >= 4 is 6.03 Å². The number of primary amides is 1. The summed E-state index contributed by atoms with van der Waals surface area (Å²) in [5.41, 5.74) is 6.18. The summed E-state index contributed by atoms with van der Waals surface area (Å²) in [6, 6.07) is 3.39. The van der Waals surface area contributed by atoms with Gasteiger partial charge in [-0.25, -0.2) is 9.78 Å². The standard InChI is InChI=1S/C11H9F3N4O2/c12-11(13,14)20-9-2-1-7(6-16-9)5-8-3-4-18(17-8)10(15)19/h1-4,6H,5H2,(H2,15,19). The van der Waals surface area contributed by atoms with Crippen molar-refractivity contribution in [1.82, 2.24) is 14.8 Å². The predicted octanol–water partition coefficient (Wildman–Crippen LogP) is 1.69. The minimum atomic E-state index is -4.77. The molecule has 2 N–H and O–H groups in total. The molecule has 2 aromatic heterocycles. The lowest BCUT2D eigenvalue weighted by molar-refractivity contribution is -0.276. The quantitative estimate of drug-likeness (QED) is 0.930. The van der Waals surface area contributed by atoms with Crippen LogP contribution in [0.4, 0.5) is 18.0 Å². The van der Waals surface area contributed by atoms with E-state index in [4.69, 9.17) is 5.73 Å². The van der Waals surface area contributed by atoms with Crippen molar-refractivity contribution < 1.29 is 22.7 Å². The Kier molecular flexibility index (Phi) is 3.59. The van der Waals surface area contributed by atoms with Crippen molar-refractivity contribution in [2.75, 3.05) is 0 Å². The van der Waals surface area contributed by atoms with Gasteiger partial charge in [-0.15, -0.1) is 13.2 Å². The van der Waals surface area contributed by atoms with E-state index in [1.807, 2.05) is 0 Å². The molecule has 2 aromatic rings. The average molecular weight is 286 g/mol. The second-order valence-electron chi connectivity index (χ2n) is 3.82. The number of ether oxygens (including phenoxy) is 1. The maximum atomic E-state index is 11.9. The van der Waals surface area contributed by atoms with Crippen molar-refractivity contribution in [3.8, 4) is 5.88 Å². The van der Waals surface area contributed by atoms with Gasteiger partial charge in [0.1, 0.15) is 0 Å². The van der Waals surface area contributed by atoms with Crippen molar-refractivity contribution in [2.24, 2.45) is 5.73 Å². The molecule has 0 atom stereocenters. The summed E-state index contributed by atoms with van der Waals surface area (Å²) < 4.78 is 40.5. The summed E-state index contributed by atoms with van der Waals surface area (Å²) >= 11 is 0. The zero-order valence-corrected chi connectivity index (χ0v) is 9.96. The summed E-state index contributed by atoms with van der Waals surface area (Å²) in [6.45, 7) is 0.